The molecule has 0 spiro atoms. The molecule has 0 aromatic carbocycles. The lowest BCUT2D eigenvalue weighted by Crippen LogP contribution is -1.85. The first kappa shape index (κ1) is 8.15. The van der Waals surface area contributed by atoms with E-state index in [0.29, 0.717) is 6.42 Å². The SMILES string of the molecule is C/C=C\C=C/C(=O)CC. The van der Waals surface area contributed by atoms with Crippen molar-refractivity contribution in [3.05, 3.63) is 24.3 Å². The van der Waals surface area contributed by atoms with Gasteiger partial charge < -0.3 is 0 Å². The zero-order valence-corrected chi connectivity index (χ0v) is 5.92. The van der Waals surface area contributed by atoms with E-state index in [4.69, 9.17) is 0 Å². The first-order valence-corrected chi connectivity index (χ1v) is 3.13. The number of hydrogen-bond acceptors (Lipinski definition) is 1. The molecular weight excluding hydrogens is 112 g/mol. The molecule has 0 unspecified atom stereocenters. The van der Waals surface area contributed by atoms with Crippen molar-refractivity contribution in [1.29, 1.82) is 0 Å². The maximum absolute atomic E-state index is 10.6. The highest BCUT2D eigenvalue weighted by atomic mass is 16.1. The summed E-state index contributed by atoms with van der Waals surface area (Å²) in [5, 5.41) is 0. The monoisotopic (exact) mass is 124 g/mol. The molecule has 0 rings (SSSR count). The van der Waals surface area contributed by atoms with Crippen molar-refractivity contribution >= 4 is 5.78 Å². The average molecular weight is 124 g/mol. The summed E-state index contributed by atoms with van der Waals surface area (Å²) in [6.45, 7) is 3.77. The minimum Gasteiger partial charge on any atom is -0.295 e. The van der Waals surface area contributed by atoms with Crippen LogP contribution < -0.4 is 0 Å². The van der Waals surface area contributed by atoms with Crippen molar-refractivity contribution in [2.45, 2.75) is 20.3 Å². The molecule has 0 heterocycles. The van der Waals surface area contributed by atoms with Gasteiger partial charge in [0, 0.05) is 6.42 Å². The summed E-state index contributed by atoms with van der Waals surface area (Å²) in [5.74, 6) is 0.174. The molecule has 0 aliphatic heterocycles. The molecule has 0 N–H and O–H groups in total. The van der Waals surface area contributed by atoms with E-state index in [1.165, 1.54) is 0 Å². The van der Waals surface area contributed by atoms with Gasteiger partial charge in [0.05, 0.1) is 0 Å². The van der Waals surface area contributed by atoms with Crippen LogP contribution in [0.25, 0.3) is 0 Å². The van der Waals surface area contributed by atoms with Gasteiger partial charge in [-0.05, 0) is 13.0 Å². The van der Waals surface area contributed by atoms with Crippen LogP contribution in [-0.4, -0.2) is 5.78 Å². The van der Waals surface area contributed by atoms with Crippen LogP contribution in [0, 0.1) is 0 Å². The predicted molar refractivity (Wildman–Crippen MR) is 39.3 cm³/mol. The van der Waals surface area contributed by atoms with Crippen molar-refractivity contribution in [2.24, 2.45) is 0 Å². The van der Waals surface area contributed by atoms with E-state index in [9.17, 15) is 4.79 Å². The molecule has 0 saturated carbocycles. The average Bonchev–Trinajstić information content (AvgIpc) is 1.89. The van der Waals surface area contributed by atoms with Crippen molar-refractivity contribution in [3.63, 3.8) is 0 Å². The van der Waals surface area contributed by atoms with Gasteiger partial charge in [-0.2, -0.15) is 0 Å². The highest BCUT2D eigenvalue weighted by Crippen LogP contribution is 1.83. The smallest absolute Gasteiger partial charge is 0.155 e. The molecule has 9 heavy (non-hydrogen) atoms. The number of ketones is 1. The second-order valence-electron chi connectivity index (χ2n) is 1.70. The van der Waals surface area contributed by atoms with E-state index in [-0.39, 0.29) is 5.78 Å². The molecule has 1 nitrogen and oxygen atoms in total. The van der Waals surface area contributed by atoms with Gasteiger partial charge in [-0.1, -0.05) is 25.2 Å². The summed E-state index contributed by atoms with van der Waals surface area (Å²) in [4.78, 5) is 10.6. The van der Waals surface area contributed by atoms with E-state index in [2.05, 4.69) is 0 Å². The van der Waals surface area contributed by atoms with Crippen LogP contribution in [0.5, 0.6) is 0 Å². The Morgan fingerprint density at radius 1 is 1.44 bits per heavy atom. The molecule has 1 heteroatoms. The third-order valence-electron chi connectivity index (χ3n) is 0.934. The quantitative estimate of drug-likeness (QED) is 0.416. The highest BCUT2D eigenvalue weighted by Gasteiger charge is 1.84. The minimum absolute atomic E-state index is 0.174. The molecular formula is C8H12O. The summed E-state index contributed by atoms with van der Waals surface area (Å²) >= 11 is 0. The summed E-state index contributed by atoms with van der Waals surface area (Å²) in [5.41, 5.74) is 0. The Morgan fingerprint density at radius 2 is 2.11 bits per heavy atom. The fourth-order valence-corrected chi connectivity index (χ4v) is 0.392. The molecule has 0 aromatic rings. The van der Waals surface area contributed by atoms with Crippen LogP contribution >= 0.6 is 0 Å². The molecule has 0 aliphatic rings. The molecule has 0 radical (unpaired) electrons. The zero-order chi connectivity index (χ0) is 7.11. The number of carbonyl (C=O) groups is 1. The molecule has 0 aromatic heterocycles. The van der Waals surface area contributed by atoms with Crippen molar-refractivity contribution in [2.75, 3.05) is 0 Å². The maximum Gasteiger partial charge on any atom is 0.155 e. The minimum atomic E-state index is 0.174. The Labute approximate surface area is 56.1 Å². The fourth-order valence-electron chi connectivity index (χ4n) is 0.392. The molecule has 50 valence electrons. The molecule has 0 amide bonds. The van der Waals surface area contributed by atoms with Gasteiger partial charge in [0.1, 0.15) is 0 Å². The number of hydrogen-bond donors (Lipinski definition) is 0. The number of allylic oxidation sites excluding steroid dienone is 4. The van der Waals surface area contributed by atoms with E-state index in [0.717, 1.165) is 0 Å². The maximum atomic E-state index is 10.6. The lowest BCUT2D eigenvalue weighted by atomic mass is 10.3. The van der Waals surface area contributed by atoms with E-state index in [1.807, 2.05) is 26.0 Å². The Morgan fingerprint density at radius 3 is 2.56 bits per heavy atom. The Hall–Kier alpha value is -0.850. The Kier molecular flexibility index (Phi) is 4.79. The molecule has 0 aliphatic carbocycles. The second-order valence-corrected chi connectivity index (χ2v) is 1.70. The third kappa shape index (κ3) is 5.01. The van der Waals surface area contributed by atoms with Gasteiger partial charge in [0.25, 0.3) is 0 Å². The van der Waals surface area contributed by atoms with Crippen LogP contribution in [0.3, 0.4) is 0 Å². The topological polar surface area (TPSA) is 17.1 Å². The van der Waals surface area contributed by atoms with Crippen molar-refractivity contribution in [3.8, 4) is 0 Å². The lowest BCUT2D eigenvalue weighted by Gasteiger charge is -1.79. The standard InChI is InChI=1S/C8H12O/c1-3-5-6-7-8(9)4-2/h3,5-7H,4H2,1-2H3/b5-3-,7-6-. The van der Waals surface area contributed by atoms with Gasteiger partial charge >= 0.3 is 0 Å². The van der Waals surface area contributed by atoms with Crippen molar-refractivity contribution < 1.29 is 4.79 Å². The summed E-state index contributed by atoms with van der Waals surface area (Å²) in [6.07, 6.45) is 7.66. The van der Waals surface area contributed by atoms with Crippen LogP contribution in [0.2, 0.25) is 0 Å². The Balaban J connectivity index is 3.57. The molecule has 0 bridgehead atoms. The normalized spacial score (nSPS) is 11.3. The first-order valence-electron chi connectivity index (χ1n) is 3.13. The van der Waals surface area contributed by atoms with Crippen LogP contribution in [0.4, 0.5) is 0 Å². The van der Waals surface area contributed by atoms with E-state index < -0.39 is 0 Å². The van der Waals surface area contributed by atoms with Crippen molar-refractivity contribution in [1.82, 2.24) is 0 Å². The Bertz CT molecular complexity index is 132. The summed E-state index contributed by atoms with van der Waals surface area (Å²) in [6, 6.07) is 0. The van der Waals surface area contributed by atoms with Gasteiger partial charge in [-0.15, -0.1) is 0 Å². The number of rotatable bonds is 3. The van der Waals surface area contributed by atoms with Gasteiger partial charge in [-0.25, -0.2) is 0 Å². The fraction of sp³-hybridized carbons (Fsp3) is 0.375. The molecule has 0 atom stereocenters. The molecule has 0 saturated heterocycles. The zero-order valence-electron chi connectivity index (χ0n) is 5.92. The molecule has 0 fully saturated rings. The third-order valence-corrected chi connectivity index (χ3v) is 0.934. The first-order chi connectivity index (χ1) is 4.31. The predicted octanol–water partition coefficient (Wildman–Crippen LogP) is 2.10. The lowest BCUT2D eigenvalue weighted by molar-refractivity contribution is -0.114. The van der Waals surface area contributed by atoms with Gasteiger partial charge in [0.2, 0.25) is 0 Å². The summed E-state index contributed by atoms with van der Waals surface area (Å²) < 4.78 is 0. The second kappa shape index (κ2) is 5.29. The summed E-state index contributed by atoms with van der Waals surface area (Å²) in [7, 11) is 0. The van der Waals surface area contributed by atoms with Crippen LogP contribution in [0.15, 0.2) is 24.3 Å². The largest absolute Gasteiger partial charge is 0.295 e. The van der Waals surface area contributed by atoms with Crippen LogP contribution in [0.1, 0.15) is 20.3 Å². The number of carbonyl (C=O) groups excluding carboxylic acids is 1. The van der Waals surface area contributed by atoms with E-state index >= 15 is 0 Å². The van der Waals surface area contributed by atoms with E-state index in [1.54, 1.807) is 12.2 Å². The van der Waals surface area contributed by atoms with Gasteiger partial charge in [0.15, 0.2) is 5.78 Å². The highest BCUT2D eigenvalue weighted by molar-refractivity contribution is 5.89. The van der Waals surface area contributed by atoms with Crippen LogP contribution in [-0.2, 0) is 4.79 Å². The van der Waals surface area contributed by atoms with Gasteiger partial charge in [-0.3, -0.25) is 4.79 Å².